The van der Waals surface area contributed by atoms with Crippen molar-refractivity contribution in [2.24, 2.45) is 5.73 Å². The van der Waals surface area contributed by atoms with Crippen molar-refractivity contribution in [3.8, 4) is 5.75 Å². The van der Waals surface area contributed by atoms with Gasteiger partial charge in [-0.05, 0) is 31.9 Å². The third-order valence-corrected chi connectivity index (χ3v) is 3.90. The molecule has 1 aliphatic rings. The molecule has 106 valence electrons. The van der Waals surface area contributed by atoms with Gasteiger partial charge in [0.2, 0.25) is 0 Å². The van der Waals surface area contributed by atoms with Gasteiger partial charge < -0.3 is 15.4 Å². The molecule has 1 aliphatic carbocycles. The van der Waals surface area contributed by atoms with E-state index >= 15 is 0 Å². The van der Waals surface area contributed by atoms with Crippen LogP contribution in [0.3, 0.4) is 0 Å². The Labute approximate surface area is 114 Å². The van der Waals surface area contributed by atoms with Crippen LogP contribution in [0.4, 0.5) is 10.1 Å². The summed E-state index contributed by atoms with van der Waals surface area (Å²) >= 11 is 0. The SMILES string of the molecule is CCOc1ccc(N(C)C2CCCCC2N)cc1F. The van der Waals surface area contributed by atoms with E-state index in [2.05, 4.69) is 4.90 Å². The molecule has 2 atom stereocenters. The van der Waals surface area contributed by atoms with E-state index in [1.807, 2.05) is 20.0 Å². The van der Waals surface area contributed by atoms with Crippen molar-refractivity contribution in [3.05, 3.63) is 24.0 Å². The molecule has 1 fully saturated rings. The normalized spacial score (nSPS) is 23.2. The fourth-order valence-corrected chi connectivity index (χ4v) is 2.79. The molecule has 1 aromatic carbocycles. The molecule has 1 aromatic rings. The molecule has 0 heterocycles. The summed E-state index contributed by atoms with van der Waals surface area (Å²) in [6.07, 6.45) is 4.52. The zero-order valence-electron chi connectivity index (χ0n) is 11.7. The average Bonchev–Trinajstić information content (AvgIpc) is 2.41. The van der Waals surface area contributed by atoms with Crippen molar-refractivity contribution < 1.29 is 9.13 Å². The van der Waals surface area contributed by atoms with Gasteiger partial charge in [0.15, 0.2) is 11.6 Å². The molecule has 4 heteroatoms. The minimum absolute atomic E-state index is 0.174. The van der Waals surface area contributed by atoms with Crippen molar-refractivity contribution in [3.63, 3.8) is 0 Å². The molecule has 2 rings (SSSR count). The number of hydrogen-bond donors (Lipinski definition) is 1. The van der Waals surface area contributed by atoms with E-state index in [0.29, 0.717) is 18.4 Å². The Hall–Kier alpha value is -1.29. The second kappa shape index (κ2) is 6.24. The summed E-state index contributed by atoms with van der Waals surface area (Å²) in [5, 5.41) is 0. The van der Waals surface area contributed by atoms with Crippen LogP contribution < -0.4 is 15.4 Å². The van der Waals surface area contributed by atoms with Crippen LogP contribution in [-0.4, -0.2) is 25.7 Å². The van der Waals surface area contributed by atoms with Gasteiger partial charge in [0, 0.05) is 30.9 Å². The second-order valence-corrected chi connectivity index (χ2v) is 5.17. The topological polar surface area (TPSA) is 38.5 Å². The van der Waals surface area contributed by atoms with Gasteiger partial charge in [-0.15, -0.1) is 0 Å². The zero-order valence-corrected chi connectivity index (χ0v) is 11.7. The average molecular weight is 266 g/mol. The smallest absolute Gasteiger partial charge is 0.167 e. The number of benzene rings is 1. The lowest BCUT2D eigenvalue weighted by Crippen LogP contribution is -2.48. The molecule has 1 saturated carbocycles. The Bertz CT molecular complexity index is 425. The molecule has 0 amide bonds. The van der Waals surface area contributed by atoms with E-state index in [9.17, 15) is 4.39 Å². The first kappa shape index (κ1) is 14.1. The van der Waals surface area contributed by atoms with Crippen LogP contribution in [0.15, 0.2) is 18.2 Å². The van der Waals surface area contributed by atoms with Gasteiger partial charge in [0.25, 0.3) is 0 Å². The lowest BCUT2D eigenvalue weighted by Gasteiger charge is -2.37. The number of anilines is 1. The maximum Gasteiger partial charge on any atom is 0.167 e. The molecule has 2 N–H and O–H groups in total. The monoisotopic (exact) mass is 266 g/mol. The van der Waals surface area contributed by atoms with Crippen LogP contribution in [0.5, 0.6) is 5.75 Å². The minimum Gasteiger partial charge on any atom is -0.491 e. The van der Waals surface area contributed by atoms with E-state index in [0.717, 1.165) is 18.5 Å². The molecule has 0 saturated heterocycles. The van der Waals surface area contributed by atoms with E-state index in [1.165, 1.54) is 18.9 Å². The maximum atomic E-state index is 13.9. The molecule has 3 nitrogen and oxygen atoms in total. The number of nitrogens with zero attached hydrogens (tertiary/aromatic N) is 1. The lowest BCUT2D eigenvalue weighted by molar-refractivity contribution is 0.321. The predicted molar refractivity (Wildman–Crippen MR) is 76.2 cm³/mol. The first-order valence-corrected chi connectivity index (χ1v) is 7.04. The van der Waals surface area contributed by atoms with E-state index < -0.39 is 0 Å². The van der Waals surface area contributed by atoms with Crippen molar-refractivity contribution in [1.82, 2.24) is 0 Å². The largest absolute Gasteiger partial charge is 0.491 e. The van der Waals surface area contributed by atoms with Gasteiger partial charge in [-0.1, -0.05) is 12.8 Å². The Balaban J connectivity index is 2.14. The van der Waals surface area contributed by atoms with E-state index in [-0.39, 0.29) is 11.9 Å². The van der Waals surface area contributed by atoms with E-state index in [4.69, 9.17) is 10.5 Å². The maximum absolute atomic E-state index is 13.9. The second-order valence-electron chi connectivity index (χ2n) is 5.17. The Morgan fingerprint density at radius 1 is 1.37 bits per heavy atom. The fraction of sp³-hybridized carbons (Fsp3) is 0.600. The van der Waals surface area contributed by atoms with Crippen LogP contribution in [0, 0.1) is 5.82 Å². The number of halogens is 1. The molecule has 0 spiro atoms. The summed E-state index contributed by atoms with van der Waals surface area (Å²) in [7, 11) is 1.99. The van der Waals surface area contributed by atoms with Crippen molar-refractivity contribution in [2.45, 2.75) is 44.7 Å². The summed E-state index contributed by atoms with van der Waals surface area (Å²) in [4.78, 5) is 2.10. The van der Waals surface area contributed by atoms with Gasteiger partial charge >= 0.3 is 0 Å². The minimum atomic E-state index is -0.310. The van der Waals surface area contributed by atoms with Crippen LogP contribution in [0.25, 0.3) is 0 Å². The quantitative estimate of drug-likeness (QED) is 0.910. The Morgan fingerprint density at radius 2 is 2.11 bits per heavy atom. The van der Waals surface area contributed by atoms with Gasteiger partial charge in [-0.25, -0.2) is 4.39 Å². The fourth-order valence-electron chi connectivity index (χ4n) is 2.79. The number of hydrogen-bond acceptors (Lipinski definition) is 3. The van der Waals surface area contributed by atoms with Crippen molar-refractivity contribution in [1.29, 1.82) is 0 Å². The van der Waals surface area contributed by atoms with Crippen LogP contribution in [-0.2, 0) is 0 Å². The molecule has 0 aliphatic heterocycles. The van der Waals surface area contributed by atoms with Crippen LogP contribution >= 0.6 is 0 Å². The van der Waals surface area contributed by atoms with Crippen LogP contribution in [0.1, 0.15) is 32.6 Å². The van der Waals surface area contributed by atoms with E-state index in [1.54, 1.807) is 6.07 Å². The summed E-state index contributed by atoms with van der Waals surface area (Å²) in [5.74, 6) is 0.00294. The predicted octanol–water partition coefficient (Wildman–Crippen LogP) is 2.93. The van der Waals surface area contributed by atoms with Gasteiger partial charge in [0.05, 0.1) is 6.61 Å². The molecule has 19 heavy (non-hydrogen) atoms. The highest BCUT2D eigenvalue weighted by molar-refractivity contribution is 5.50. The molecule has 0 aromatic heterocycles. The number of likely N-dealkylation sites (N-methyl/N-ethyl adjacent to an activating group) is 1. The van der Waals surface area contributed by atoms with Gasteiger partial charge in [0.1, 0.15) is 0 Å². The third-order valence-electron chi connectivity index (χ3n) is 3.90. The molecule has 0 bridgehead atoms. The van der Waals surface area contributed by atoms with Crippen molar-refractivity contribution in [2.75, 3.05) is 18.6 Å². The summed E-state index contributed by atoms with van der Waals surface area (Å²) in [6, 6.07) is 5.60. The summed E-state index contributed by atoms with van der Waals surface area (Å²) in [6.45, 7) is 2.32. The van der Waals surface area contributed by atoms with Gasteiger partial charge in [-0.3, -0.25) is 0 Å². The molecule has 0 radical (unpaired) electrons. The van der Waals surface area contributed by atoms with Crippen LogP contribution in [0.2, 0.25) is 0 Å². The Morgan fingerprint density at radius 3 is 2.74 bits per heavy atom. The first-order valence-electron chi connectivity index (χ1n) is 7.04. The first-order chi connectivity index (χ1) is 9.13. The number of nitrogens with two attached hydrogens (primary N) is 1. The lowest BCUT2D eigenvalue weighted by atomic mass is 9.90. The Kier molecular flexibility index (Phi) is 4.64. The zero-order chi connectivity index (χ0) is 13.8. The summed E-state index contributed by atoms with van der Waals surface area (Å²) in [5.41, 5.74) is 7.04. The number of ether oxygens (including phenoxy) is 1. The summed E-state index contributed by atoms with van der Waals surface area (Å²) < 4.78 is 19.1. The molecular weight excluding hydrogens is 243 g/mol. The molecular formula is C15H23FN2O. The highest BCUT2D eigenvalue weighted by Crippen LogP contribution is 2.28. The standard InChI is InChI=1S/C15H23FN2O/c1-3-19-15-9-8-11(10-12(15)16)18(2)14-7-5-4-6-13(14)17/h8-10,13-14H,3-7,17H2,1-2H3. The highest BCUT2D eigenvalue weighted by Gasteiger charge is 2.26. The van der Waals surface area contributed by atoms with Gasteiger partial charge in [-0.2, -0.15) is 0 Å². The number of rotatable bonds is 4. The third kappa shape index (κ3) is 3.18. The molecule has 2 unspecified atom stereocenters. The highest BCUT2D eigenvalue weighted by atomic mass is 19.1. The van der Waals surface area contributed by atoms with Crippen molar-refractivity contribution >= 4 is 5.69 Å².